The van der Waals surface area contributed by atoms with E-state index >= 15 is 0 Å². The van der Waals surface area contributed by atoms with Crippen molar-refractivity contribution in [1.82, 2.24) is 19.9 Å². The Morgan fingerprint density at radius 3 is 2.68 bits per heavy atom. The maximum Gasteiger partial charge on any atom is 0.240 e. The van der Waals surface area contributed by atoms with Crippen molar-refractivity contribution in [3.63, 3.8) is 0 Å². The third-order valence-electron chi connectivity index (χ3n) is 5.50. The molecule has 25 heavy (non-hydrogen) atoms. The SMILES string of the molecule is c1ccc(CCc2noc(CN3CCC[C@@H]3CN3CCCC3)n2)cc1. The lowest BCUT2D eigenvalue weighted by Gasteiger charge is -2.27. The predicted molar refractivity (Wildman–Crippen MR) is 97.3 cm³/mol. The molecule has 4 rings (SSSR count). The molecule has 0 unspecified atom stereocenters. The highest BCUT2D eigenvalue weighted by atomic mass is 16.5. The Balaban J connectivity index is 1.29. The van der Waals surface area contributed by atoms with Gasteiger partial charge in [0.2, 0.25) is 5.89 Å². The Morgan fingerprint density at radius 2 is 1.84 bits per heavy atom. The standard InChI is InChI=1S/C20H28N4O/c1-2-7-17(8-3-1)10-11-19-21-20(25-22-19)16-24-14-6-9-18(24)15-23-12-4-5-13-23/h1-3,7-8,18H,4-6,9-16H2/t18-/m1/s1. The summed E-state index contributed by atoms with van der Waals surface area (Å²) in [4.78, 5) is 9.77. The first-order chi connectivity index (χ1) is 12.4. The van der Waals surface area contributed by atoms with E-state index in [0.29, 0.717) is 6.04 Å². The van der Waals surface area contributed by atoms with E-state index in [9.17, 15) is 0 Å². The van der Waals surface area contributed by atoms with Gasteiger partial charge in [-0.15, -0.1) is 0 Å². The molecule has 1 atom stereocenters. The summed E-state index contributed by atoms with van der Waals surface area (Å²) >= 11 is 0. The summed E-state index contributed by atoms with van der Waals surface area (Å²) in [6.45, 7) is 5.70. The summed E-state index contributed by atoms with van der Waals surface area (Å²) in [5, 5.41) is 4.18. The van der Waals surface area contributed by atoms with E-state index in [2.05, 4.69) is 44.2 Å². The van der Waals surface area contributed by atoms with Crippen molar-refractivity contribution < 1.29 is 4.52 Å². The maximum atomic E-state index is 5.52. The normalized spacial score (nSPS) is 22.0. The van der Waals surface area contributed by atoms with Gasteiger partial charge in [-0.05, 0) is 57.3 Å². The molecule has 0 saturated carbocycles. The highest BCUT2D eigenvalue weighted by molar-refractivity contribution is 5.15. The molecule has 1 aromatic carbocycles. The predicted octanol–water partition coefficient (Wildman–Crippen LogP) is 2.92. The molecule has 1 aromatic heterocycles. The topological polar surface area (TPSA) is 45.4 Å². The molecule has 0 spiro atoms. The second-order valence-corrected chi connectivity index (χ2v) is 7.36. The summed E-state index contributed by atoms with van der Waals surface area (Å²) in [5.41, 5.74) is 1.32. The molecule has 5 heteroatoms. The molecule has 2 aromatic rings. The van der Waals surface area contributed by atoms with E-state index in [4.69, 9.17) is 4.52 Å². The van der Waals surface area contributed by atoms with Crippen LogP contribution in [-0.4, -0.2) is 52.2 Å². The Bertz CT molecular complexity index is 651. The largest absolute Gasteiger partial charge is 0.338 e. The first-order valence-electron chi connectivity index (χ1n) is 9.68. The first-order valence-corrected chi connectivity index (χ1v) is 9.68. The van der Waals surface area contributed by atoms with E-state index in [0.717, 1.165) is 37.6 Å². The second kappa shape index (κ2) is 8.11. The number of aromatic nitrogens is 2. The lowest BCUT2D eigenvalue weighted by atomic mass is 10.1. The van der Waals surface area contributed by atoms with Crippen LogP contribution in [0.1, 0.15) is 43.0 Å². The number of hydrogen-bond acceptors (Lipinski definition) is 5. The quantitative estimate of drug-likeness (QED) is 0.775. The number of rotatable bonds is 7. The minimum Gasteiger partial charge on any atom is -0.338 e. The van der Waals surface area contributed by atoms with Crippen molar-refractivity contribution in [3.05, 3.63) is 47.6 Å². The molecule has 0 N–H and O–H groups in total. The molecule has 134 valence electrons. The van der Waals surface area contributed by atoms with Gasteiger partial charge in [-0.1, -0.05) is 35.5 Å². The molecule has 0 aliphatic carbocycles. The van der Waals surface area contributed by atoms with Crippen molar-refractivity contribution in [2.24, 2.45) is 0 Å². The van der Waals surface area contributed by atoms with Crippen LogP contribution < -0.4 is 0 Å². The Morgan fingerprint density at radius 1 is 1.00 bits per heavy atom. The molecule has 2 aliphatic rings. The van der Waals surface area contributed by atoms with Crippen molar-refractivity contribution in [1.29, 1.82) is 0 Å². The highest BCUT2D eigenvalue weighted by Crippen LogP contribution is 2.22. The third kappa shape index (κ3) is 4.47. The van der Waals surface area contributed by atoms with Crippen LogP contribution >= 0.6 is 0 Å². The van der Waals surface area contributed by atoms with E-state index in [1.54, 1.807) is 0 Å². The van der Waals surface area contributed by atoms with Crippen LogP contribution in [-0.2, 0) is 19.4 Å². The van der Waals surface area contributed by atoms with E-state index in [1.807, 2.05) is 6.07 Å². The van der Waals surface area contributed by atoms with Crippen molar-refractivity contribution in [2.45, 2.75) is 51.1 Å². The summed E-state index contributed by atoms with van der Waals surface area (Å²) in [6, 6.07) is 11.1. The third-order valence-corrected chi connectivity index (χ3v) is 5.50. The van der Waals surface area contributed by atoms with Crippen LogP contribution in [0.4, 0.5) is 0 Å². The van der Waals surface area contributed by atoms with Gasteiger partial charge in [0.1, 0.15) is 0 Å². The number of benzene rings is 1. The molecule has 5 nitrogen and oxygen atoms in total. The number of likely N-dealkylation sites (tertiary alicyclic amines) is 2. The number of nitrogens with zero attached hydrogens (tertiary/aromatic N) is 4. The van der Waals surface area contributed by atoms with E-state index < -0.39 is 0 Å². The van der Waals surface area contributed by atoms with Crippen LogP contribution in [0.5, 0.6) is 0 Å². The smallest absolute Gasteiger partial charge is 0.240 e. The zero-order valence-corrected chi connectivity index (χ0v) is 14.9. The number of hydrogen-bond donors (Lipinski definition) is 0. The van der Waals surface area contributed by atoms with Gasteiger partial charge in [-0.2, -0.15) is 4.98 Å². The zero-order valence-electron chi connectivity index (χ0n) is 14.9. The Labute approximate surface area is 150 Å². The fourth-order valence-electron chi connectivity index (χ4n) is 4.10. The number of aryl methyl sites for hydroxylation is 2. The molecule has 0 bridgehead atoms. The molecule has 2 aliphatic heterocycles. The zero-order chi connectivity index (χ0) is 16.9. The van der Waals surface area contributed by atoms with Gasteiger partial charge >= 0.3 is 0 Å². The maximum absolute atomic E-state index is 5.52. The van der Waals surface area contributed by atoms with Crippen LogP contribution in [0.2, 0.25) is 0 Å². The summed E-state index contributed by atoms with van der Waals surface area (Å²) in [7, 11) is 0. The first kappa shape index (κ1) is 16.7. The van der Waals surface area contributed by atoms with Gasteiger partial charge in [-0.25, -0.2) is 0 Å². The van der Waals surface area contributed by atoms with E-state index in [1.165, 1.54) is 50.9 Å². The lowest BCUT2D eigenvalue weighted by molar-refractivity contribution is 0.168. The fraction of sp³-hybridized carbons (Fsp3) is 0.600. The summed E-state index contributed by atoms with van der Waals surface area (Å²) < 4.78 is 5.52. The van der Waals surface area contributed by atoms with Gasteiger partial charge in [0.15, 0.2) is 5.82 Å². The second-order valence-electron chi connectivity index (χ2n) is 7.36. The van der Waals surface area contributed by atoms with Gasteiger partial charge in [0, 0.05) is 19.0 Å². The summed E-state index contributed by atoms with van der Waals surface area (Å²) in [6.07, 6.45) is 7.10. The monoisotopic (exact) mass is 340 g/mol. The molecule has 2 saturated heterocycles. The molecular formula is C20H28N4O. The molecular weight excluding hydrogens is 312 g/mol. The molecule has 0 amide bonds. The van der Waals surface area contributed by atoms with Gasteiger partial charge in [0.25, 0.3) is 0 Å². The van der Waals surface area contributed by atoms with Crippen LogP contribution in [0.3, 0.4) is 0 Å². The van der Waals surface area contributed by atoms with Gasteiger partial charge in [-0.3, -0.25) is 4.90 Å². The highest BCUT2D eigenvalue weighted by Gasteiger charge is 2.28. The van der Waals surface area contributed by atoms with Gasteiger partial charge in [0.05, 0.1) is 6.54 Å². The molecule has 2 fully saturated rings. The fourth-order valence-corrected chi connectivity index (χ4v) is 4.10. The minimum absolute atomic E-state index is 0.651. The van der Waals surface area contributed by atoms with Gasteiger partial charge < -0.3 is 9.42 Å². The van der Waals surface area contributed by atoms with Crippen LogP contribution in [0, 0.1) is 0 Å². The van der Waals surface area contributed by atoms with Crippen LogP contribution in [0.25, 0.3) is 0 Å². The molecule has 0 radical (unpaired) electrons. The average molecular weight is 340 g/mol. The molecule has 3 heterocycles. The minimum atomic E-state index is 0.651. The Kier molecular flexibility index (Phi) is 5.43. The summed E-state index contributed by atoms with van der Waals surface area (Å²) in [5.74, 6) is 1.60. The average Bonchev–Trinajstić information content (AvgIpc) is 3.39. The van der Waals surface area contributed by atoms with E-state index in [-0.39, 0.29) is 0 Å². The Hall–Kier alpha value is -1.72. The van der Waals surface area contributed by atoms with Crippen LogP contribution in [0.15, 0.2) is 34.9 Å². The van der Waals surface area contributed by atoms with Crippen molar-refractivity contribution in [2.75, 3.05) is 26.2 Å². The lowest BCUT2D eigenvalue weighted by Crippen LogP contribution is -2.39. The van der Waals surface area contributed by atoms with Crippen molar-refractivity contribution >= 4 is 0 Å². The van der Waals surface area contributed by atoms with Crippen molar-refractivity contribution in [3.8, 4) is 0 Å².